The fourth-order valence-corrected chi connectivity index (χ4v) is 5.41. The van der Waals surface area contributed by atoms with Gasteiger partial charge in [0.15, 0.2) is 0 Å². The van der Waals surface area contributed by atoms with E-state index in [9.17, 15) is 9.59 Å². The van der Waals surface area contributed by atoms with Crippen LogP contribution in [0.25, 0.3) is 0 Å². The number of nitrogens with two attached hydrogens (primary N) is 1. The van der Waals surface area contributed by atoms with Gasteiger partial charge in [0.2, 0.25) is 5.88 Å². The van der Waals surface area contributed by atoms with Crippen molar-refractivity contribution in [3.05, 3.63) is 59.3 Å². The molecular formula is C26H31N5O5. The summed E-state index contributed by atoms with van der Waals surface area (Å²) in [7, 11) is 0. The molecule has 190 valence electrons. The zero-order valence-corrected chi connectivity index (χ0v) is 20.0. The Bertz CT molecular complexity index is 1120. The number of carbonyl (C=O) groups is 2. The molecule has 2 saturated carbocycles. The van der Waals surface area contributed by atoms with Crippen molar-refractivity contribution in [2.45, 2.75) is 56.8 Å². The summed E-state index contributed by atoms with van der Waals surface area (Å²) >= 11 is 0. The molecule has 0 unspecified atom stereocenters. The third-order valence-corrected chi connectivity index (χ3v) is 7.26. The molecule has 1 saturated heterocycles. The van der Waals surface area contributed by atoms with Crippen molar-refractivity contribution < 1.29 is 23.8 Å². The van der Waals surface area contributed by atoms with Crippen molar-refractivity contribution in [2.75, 3.05) is 13.2 Å². The van der Waals surface area contributed by atoms with Crippen molar-refractivity contribution in [3.63, 3.8) is 0 Å². The van der Waals surface area contributed by atoms with E-state index in [1.807, 2.05) is 6.08 Å². The Hall–Kier alpha value is -3.66. The normalized spacial score (nSPS) is 28.6. The van der Waals surface area contributed by atoms with Crippen LogP contribution in [0.15, 0.2) is 53.7 Å². The van der Waals surface area contributed by atoms with Crippen molar-refractivity contribution in [1.82, 2.24) is 15.6 Å². The number of primary amides is 1. The van der Waals surface area contributed by atoms with Gasteiger partial charge in [0, 0.05) is 37.5 Å². The topological polar surface area (TPSA) is 149 Å². The van der Waals surface area contributed by atoms with Gasteiger partial charge in [-0.3, -0.25) is 9.59 Å². The number of dihydropyridines is 1. The van der Waals surface area contributed by atoms with Crippen LogP contribution in [0.2, 0.25) is 0 Å². The van der Waals surface area contributed by atoms with E-state index >= 15 is 0 Å². The number of nitrogens with one attached hydrogen (secondary N) is 3. The number of nitrogens with zero attached hydrogens (tertiary/aromatic N) is 1. The summed E-state index contributed by atoms with van der Waals surface area (Å²) in [6.07, 6.45) is 13.2. The number of ether oxygens (including phenoxy) is 3. The van der Waals surface area contributed by atoms with E-state index in [0.717, 1.165) is 44.7 Å². The van der Waals surface area contributed by atoms with Crippen LogP contribution in [0.5, 0.6) is 5.88 Å². The smallest absolute Gasteiger partial charge is 0.255 e. The molecule has 10 heteroatoms. The number of carbonyl (C=O) groups excluding carboxylic acids is 2. The Balaban J connectivity index is 1.09. The quantitative estimate of drug-likeness (QED) is 0.320. The summed E-state index contributed by atoms with van der Waals surface area (Å²) in [5.74, 6) is 0.146. The Kier molecular flexibility index (Phi) is 6.77. The molecule has 2 aliphatic carbocycles. The Morgan fingerprint density at radius 2 is 1.94 bits per heavy atom. The van der Waals surface area contributed by atoms with Crippen molar-refractivity contribution in [3.8, 4) is 5.88 Å². The molecule has 5 N–H and O–H groups in total. The van der Waals surface area contributed by atoms with E-state index in [1.165, 1.54) is 0 Å². The van der Waals surface area contributed by atoms with E-state index in [2.05, 4.69) is 15.6 Å². The highest BCUT2D eigenvalue weighted by Gasteiger charge is 2.54. The largest absolute Gasteiger partial charge is 0.489 e. The monoisotopic (exact) mass is 493 g/mol. The summed E-state index contributed by atoms with van der Waals surface area (Å²) < 4.78 is 17.2. The number of allylic oxidation sites excluding steroid dienone is 2. The molecule has 5 rings (SSSR count). The fourth-order valence-electron chi connectivity index (χ4n) is 5.41. The molecule has 2 amide bonds. The van der Waals surface area contributed by atoms with Gasteiger partial charge in [-0.05, 0) is 55.4 Å². The van der Waals surface area contributed by atoms with Crippen LogP contribution in [0.4, 0.5) is 0 Å². The van der Waals surface area contributed by atoms with Crippen molar-refractivity contribution in [2.24, 2.45) is 11.1 Å². The van der Waals surface area contributed by atoms with Crippen LogP contribution in [0, 0.1) is 10.8 Å². The van der Waals surface area contributed by atoms with Gasteiger partial charge in [-0.15, -0.1) is 0 Å². The van der Waals surface area contributed by atoms with Gasteiger partial charge in [-0.1, -0.05) is 0 Å². The third-order valence-electron chi connectivity index (χ3n) is 7.26. The number of hydrogen-bond acceptors (Lipinski definition) is 8. The predicted molar refractivity (Wildman–Crippen MR) is 131 cm³/mol. The van der Waals surface area contributed by atoms with Crippen LogP contribution in [0.1, 0.15) is 48.9 Å². The lowest BCUT2D eigenvalue weighted by Gasteiger charge is -2.57. The Labute approximate surface area is 209 Å². The SMILES string of the molecule is N=C/C(C(=O)NC1CC2(C1)CC(Oc1ncccc1C(N)=O)C2)=C1/C=CC(OC2CCOCC2)=CN1. The third kappa shape index (κ3) is 5.13. The highest BCUT2D eigenvalue weighted by atomic mass is 16.5. The van der Waals surface area contributed by atoms with Gasteiger partial charge in [-0.25, -0.2) is 4.98 Å². The molecule has 0 bridgehead atoms. The average Bonchev–Trinajstić information content (AvgIpc) is 2.83. The highest BCUT2D eigenvalue weighted by Crippen LogP contribution is 2.56. The maximum absolute atomic E-state index is 12.9. The van der Waals surface area contributed by atoms with Crippen LogP contribution in [-0.4, -0.2) is 54.5 Å². The minimum Gasteiger partial charge on any atom is -0.489 e. The molecule has 1 aromatic rings. The molecule has 10 nitrogen and oxygen atoms in total. The molecule has 2 aliphatic heterocycles. The van der Waals surface area contributed by atoms with Gasteiger partial charge in [0.25, 0.3) is 11.8 Å². The first kappa shape index (κ1) is 24.1. The summed E-state index contributed by atoms with van der Waals surface area (Å²) in [6, 6.07) is 3.32. The van der Waals surface area contributed by atoms with Crippen LogP contribution < -0.4 is 21.1 Å². The average molecular weight is 494 g/mol. The molecule has 4 aliphatic rings. The molecule has 1 aromatic heterocycles. The van der Waals surface area contributed by atoms with Gasteiger partial charge in [0.1, 0.15) is 23.5 Å². The van der Waals surface area contributed by atoms with Crippen molar-refractivity contribution in [1.29, 1.82) is 5.41 Å². The van der Waals surface area contributed by atoms with E-state index in [4.69, 9.17) is 25.4 Å². The molecule has 1 spiro atoms. The zero-order chi connectivity index (χ0) is 25.1. The molecule has 0 atom stereocenters. The van der Waals surface area contributed by atoms with Gasteiger partial charge in [-0.2, -0.15) is 0 Å². The molecule has 3 fully saturated rings. The van der Waals surface area contributed by atoms with Crippen LogP contribution in [0.3, 0.4) is 0 Å². The van der Waals surface area contributed by atoms with Crippen molar-refractivity contribution >= 4 is 18.0 Å². The Morgan fingerprint density at radius 3 is 2.61 bits per heavy atom. The number of rotatable bonds is 8. The van der Waals surface area contributed by atoms with E-state index in [-0.39, 0.29) is 46.6 Å². The zero-order valence-electron chi connectivity index (χ0n) is 20.0. The lowest BCUT2D eigenvalue weighted by atomic mass is 9.53. The maximum Gasteiger partial charge on any atom is 0.255 e. The number of amides is 2. The van der Waals surface area contributed by atoms with Crippen LogP contribution >= 0.6 is 0 Å². The lowest BCUT2D eigenvalue weighted by molar-refractivity contribution is -0.123. The standard InChI is InChI=1S/C26H31N5O5/c27-14-21(22-4-3-18(15-30-22)35-17-5-8-34-9-6-17)24(33)31-16-10-26(11-16)12-19(13-26)36-25-20(23(28)32)2-1-7-29-25/h1-4,7,14-17,19,27,30H,5-6,8-13H2,(H2,28,32)(H,31,33)/b22-21+,27-14?. The number of pyridine rings is 1. The summed E-state index contributed by atoms with van der Waals surface area (Å²) in [5.41, 5.74) is 6.66. The fraction of sp³-hybridized carbons (Fsp3) is 0.462. The first-order valence-electron chi connectivity index (χ1n) is 12.3. The summed E-state index contributed by atoms with van der Waals surface area (Å²) in [5, 5.41) is 13.9. The predicted octanol–water partition coefficient (Wildman–Crippen LogP) is 2.09. The molecule has 3 heterocycles. The maximum atomic E-state index is 12.9. The molecule has 0 radical (unpaired) electrons. The minimum absolute atomic E-state index is 0.0187. The van der Waals surface area contributed by atoms with Crippen LogP contribution in [-0.2, 0) is 14.3 Å². The highest BCUT2D eigenvalue weighted by molar-refractivity contribution is 6.12. The minimum atomic E-state index is -0.560. The first-order chi connectivity index (χ1) is 17.4. The summed E-state index contributed by atoms with van der Waals surface area (Å²) in [4.78, 5) is 28.6. The van der Waals surface area contributed by atoms with Gasteiger partial charge >= 0.3 is 0 Å². The summed E-state index contributed by atoms with van der Waals surface area (Å²) in [6.45, 7) is 1.41. The second-order valence-corrected chi connectivity index (χ2v) is 9.87. The molecule has 0 aromatic carbocycles. The number of hydrogen-bond donors (Lipinski definition) is 4. The van der Waals surface area contributed by atoms with E-state index in [0.29, 0.717) is 24.7 Å². The van der Waals surface area contributed by atoms with Gasteiger partial charge < -0.3 is 36.0 Å². The first-order valence-corrected chi connectivity index (χ1v) is 12.3. The number of aromatic nitrogens is 1. The molecule has 36 heavy (non-hydrogen) atoms. The second-order valence-electron chi connectivity index (χ2n) is 9.87. The van der Waals surface area contributed by atoms with E-state index in [1.54, 1.807) is 30.6 Å². The second kappa shape index (κ2) is 10.1. The van der Waals surface area contributed by atoms with E-state index < -0.39 is 5.91 Å². The van der Waals surface area contributed by atoms with Gasteiger partial charge in [0.05, 0.1) is 24.5 Å². The molecular weight excluding hydrogens is 462 g/mol. The Morgan fingerprint density at radius 1 is 1.17 bits per heavy atom. The lowest BCUT2D eigenvalue weighted by Crippen LogP contribution is -2.59.